The van der Waals surface area contributed by atoms with Crippen molar-refractivity contribution in [3.8, 4) is 0 Å². The van der Waals surface area contributed by atoms with Gasteiger partial charge in [-0.15, -0.1) is 11.8 Å². The van der Waals surface area contributed by atoms with Crippen LogP contribution in [-0.2, 0) is 9.59 Å². The Balaban J connectivity index is 1.95. The van der Waals surface area contributed by atoms with Gasteiger partial charge >= 0.3 is 5.97 Å². The highest BCUT2D eigenvalue weighted by atomic mass is 35.5. The van der Waals surface area contributed by atoms with E-state index in [1.54, 1.807) is 36.4 Å². The van der Waals surface area contributed by atoms with Gasteiger partial charge in [0, 0.05) is 21.2 Å². The summed E-state index contributed by atoms with van der Waals surface area (Å²) in [4.78, 5) is 23.8. The van der Waals surface area contributed by atoms with Crippen molar-refractivity contribution in [2.24, 2.45) is 5.10 Å². The van der Waals surface area contributed by atoms with E-state index in [1.165, 1.54) is 23.0 Å². The highest BCUT2D eigenvalue weighted by Crippen LogP contribution is 2.46. The fourth-order valence-corrected chi connectivity index (χ4v) is 4.42. The number of halogens is 2. The molecule has 26 heavy (non-hydrogen) atoms. The lowest BCUT2D eigenvalue weighted by atomic mass is 10.2. The number of thioether (sulfide) groups is 1. The van der Waals surface area contributed by atoms with Gasteiger partial charge in [0.2, 0.25) is 0 Å². The van der Waals surface area contributed by atoms with Gasteiger partial charge in [0.05, 0.1) is 17.9 Å². The van der Waals surface area contributed by atoms with Crippen LogP contribution in [0.3, 0.4) is 0 Å². The predicted octanol–water partition coefficient (Wildman–Crippen LogP) is 4.44. The fraction of sp³-hybridized carbons (Fsp3) is 0.167. The fourth-order valence-electron chi connectivity index (χ4n) is 2.53. The van der Waals surface area contributed by atoms with Crippen LogP contribution < -0.4 is 0 Å². The van der Waals surface area contributed by atoms with E-state index in [9.17, 15) is 9.59 Å². The van der Waals surface area contributed by atoms with Crippen molar-refractivity contribution in [3.05, 3.63) is 69.7 Å². The van der Waals surface area contributed by atoms with Crippen LogP contribution in [0.1, 0.15) is 22.9 Å². The van der Waals surface area contributed by atoms with Crippen LogP contribution in [0.4, 0.5) is 0 Å². The number of nitrogens with zero attached hydrogens (tertiary/aromatic N) is 2. The van der Waals surface area contributed by atoms with Gasteiger partial charge in [-0.25, -0.2) is 5.01 Å². The third-order valence-corrected chi connectivity index (χ3v) is 5.87. The Morgan fingerprint density at radius 3 is 2.46 bits per heavy atom. The quantitative estimate of drug-likeness (QED) is 0.742. The second-order valence-corrected chi connectivity index (χ2v) is 7.65. The Labute approximate surface area is 164 Å². The summed E-state index contributed by atoms with van der Waals surface area (Å²) in [6.45, 7) is 0. The van der Waals surface area contributed by atoms with Crippen LogP contribution in [-0.4, -0.2) is 33.5 Å². The molecule has 2 atom stereocenters. The number of benzene rings is 2. The first kappa shape index (κ1) is 18.8. The van der Waals surface area contributed by atoms with Crippen molar-refractivity contribution < 1.29 is 14.7 Å². The zero-order valence-electron chi connectivity index (χ0n) is 13.4. The zero-order chi connectivity index (χ0) is 18.7. The molecule has 0 radical (unpaired) electrons. The van der Waals surface area contributed by atoms with Gasteiger partial charge in [-0.3, -0.25) is 9.59 Å². The maximum absolute atomic E-state index is 12.7. The highest BCUT2D eigenvalue weighted by Gasteiger charge is 2.43. The van der Waals surface area contributed by atoms with Gasteiger partial charge in [-0.05, 0) is 12.1 Å². The van der Waals surface area contributed by atoms with Crippen molar-refractivity contribution >= 4 is 53.1 Å². The normalized spacial score (nSPS) is 20.1. The van der Waals surface area contributed by atoms with Gasteiger partial charge in [-0.2, -0.15) is 5.10 Å². The first-order chi connectivity index (χ1) is 12.5. The molecule has 1 aliphatic rings. The Morgan fingerprint density at radius 1 is 1.15 bits per heavy atom. The van der Waals surface area contributed by atoms with Gasteiger partial charge in [-0.1, -0.05) is 59.6 Å². The van der Waals surface area contributed by atoms with E-state index in [1.807, 2.05) is 12.1 Å². The van der Waals surface area contributed by atoms with Crippen LogP contribution in [0, 0.1) is 0 Å². The summed E-state index contributed by atoms with van der Waals surface area (Å²) in [6, 6.07) is 14.2. The number of rotatable bonds is 5. The number of carbonyl (C=O) groups is 2. The van der Waals surface area contributed by atoms with Gasteiger partial charge in [0.15, 0.2) is 0 Å². The molecule has 1 N–H and O–H groups in total. The van der Waals surface area contributed by atoms with Crippen molar-refractivity contribution in [1.82, 2.24) is 5.01 Å². The molecule has 0 aliphatic carbocycles. The van der Waals surface area contributed by atoms with Crippen molar-refractivity contribution in [1.29, 1.82) is 0 Å². The lowest BCUT2D eigenvalue weighted by Gasteiger charge is -2.19. The maximum Gasteiger partial charge on any atom is 0.305 e. The second-order valence-electron chi connectivity index (χ2n) is 5.55. The number of hydrogen-bond acceptors (Lipinski definition) is 4. The number of carbonyl (C=O) groups excluding carboxylic acids is 1. The van der Waals surface area contributed by atoms with Crippen molar-refractivity contribution in [2.75, 3.05) is 0 Å². The average Bonchev–Trinajstić information content (AvgIpc) is 2.90. The Bertz CT molecular complexity index is 875. The lowest BCUT2D eigenvalue weighted by Crippen LogP contribution is -2.28. The van der Waals surface area contributed by atoms with Crippen molar-refractivity contribution in [3.63, 3.8) is 0 Å². The first-order valence-corrected chi connectivity index (χ1v) is 9.40. The summed E-state index contributed by atoms with van der Waals surface area (Å²) in [5.41, 5.74) is 1.36. The van der Waals surface area contributed by atoms with Gasteiger partial charge in [0.25, 0.3) is 5.91 Å². The zero-order valence-corrected chi connectivity index (χ0v) is 15.7. The molecule has 3 rings (SSSR count). The van der Waals surface area contributed by atoms with E-state index in [4.69, 9.17) is 28.3 Å². The molecule has 1 saturated heterocycles. The van der Waals surface area contributed by atoms with Crippen LogP contribution in [0.5, 0.6) is 0 Å². The molecule has 0 saturated carbocycles. The second kappa shape index (κ2) is 8.12. The molecule has 0 bridgehead atoms. The molecule has 1 fully saturated rings. The van der Waals surface area contributed by atoms with Crippen LogP contribution >= 0.6 is 35.0 Å². The van der Waals surface area contributed by atoms with E-state index in [-0.39, 0.29) is 12.3 Å². The molecular weight excluding hydrogens is 395 g/mol. The molecule has 0 aromatic heterocycles. The minimum Gasteiger partial charge on any atom is -0.481 e. The van der Waals surface area contributed by atoms with Gasteiger partial charge < -0.3 is 5.11 Å². The lowest BCUT2D eigenvalue weighted by molar-refractivity contribution is -0.140. The molecule has 2 aromatic rings. The van der Waals surface area contributed by atoms with E-state index in [2.05, 4.69) is 5.10 Å². The molecule has 0 unspecified atom stereocenters. The first-order valence-electron chi connectivity index (χ1n) is 7.70. The number of hydrogen-bond donors (Lipinski definition) is 1. The Hall–Kier alpha value is -2.02. The molecule has 0 spiro atoms. The standard InChI is InChI=1S/C18H14Cl2N2O3S/c19-13-7-3-1-5-11(13)10-21-22-17(25)15(9-16(23)24)26-18(22)12-6-2-4-8-14(12)20/h1-8,10,15,18H,9H2,(H,23,24)/b21-10-/t15-,18-/m1/s1. The summed E-state index contributed by atoms with van der Waals surface area (Å²) < 4.78 is 0. The average molecular weight is 409 g/mol. The summed E-state index contributed by atoms with van der Waals surface area (Å²) in [5, 5.41) is 14.4. The molecule has 2 aromatic carbocycles. The van der Waals surface area contributed by atoms with Crippen molar-refractivity contribution in [2.45, 2.75) is 17.0 Å². The number of hydrazone groups is 1. The SMILES string of the molecule is O=C(O)C[C@H]1S[C@H](c2ccccc2Cl)N(/N=C\c2ccccc2Cl)C1=O. The molecule has 5 nitrogen and oxygen atoms in total. The molecule has 134 valence electrons. The number of carboxylic acids is 1. The third kappa shape index (κ3) is 4.03. The summed E-state index contributed by atoms with van der Waals surface area (Å²) in [5.74, 6) is -1.41. The highest BCUT2D eigenvalue weighted by molar-refractivity contribution is 8.01. The molecule has 8 heteroatoms. The summed E-state index contributed by atoms with van der Waals surface area (Å²) in [7, 11) is 0. The van der Waals surface area contributed by atoms with Crippen LogP contribution in [0.2, 0.25) is 10.0 Å². The van der Waals surface area contributed by atoms with Crippen LogP contribution in [0.25, 0.3) is 0 Å². The summed E-state index contributed by atoms with van der Waals surface area (Å²) in [6.07, 6.45) is 1.22. The largest absolute Gasteiger partial charge is 0.481 e. The number of carboxylic acid groups (broad SMARTS) is 1. The van der Waals surface area contributed by atoms with E-state index in [0.717, 1.165) is 0 Å². The van der Waals surface area contributed by atoms with E-state index >= 15 is 0 Å². The molecular formula is C18H14Cl2N2O3S. The van der Waals surface area contributed by atoms with E-state index in [0.29, 0.717) is 21.2 Å². The molecule has 1 aliphatic heterocycles. The molecule has 1 amide bonds. The minimum atomic E-state index is -1.04. The number of aliphatic carboxylic acids is 1. The minimum absolute atomic E-state index is 0.275. The topological polar surface area (TPSA) is 70.0 Å². The predicted molar refractivity (Wildman–Crippen MR) is 104 cm³/mol. The summed E-state index contributed by atoms with van der Waals surface area (Å²) >= 11 is 13.6. The maximum atomic E-state index is 12.7. The Kier molecular flexibility index (Phi) is 5.86. The smallest absolute Gasteiger partial charge is 0.305 e. The molecule has 1 heterocycles. The van der Waals surface area contributed by atoms with Crippen LogP contribution in [0.15, 0.2) is 53.6 Å². The monoisotopic (exact) mass is 408 g/mol. The Morgan fingerprint density at radius 2 is 1.81 bits per heavy atom. The number of amides is 1. The van der Waals surface area contributed by atoms with E-state index < -0.39 is 16.6 Å². The van der Waals surface area contributed by atoms with Gasteiger partial charge in [0.1, 0.15) is 5.37 Å². The third-order valence-electron chi connectivity index (χ3n) is 3.77.